The number of carbonyl (C=O) groups excluding carboxylic acids is 1. The number of hydrogen-bond donors (Lipinski definition) is 1. The van der Waals surface area contributed by atoms with E-state index < -0.39 is 0 Å². The number of thiophene rings is 1. The predicted octanol–water partition coefficient (Wildman–Crippen LogP) is 1.96. The standard InChI is InChI=1S/C13H20N2O2S/c1-9-4-3-5-15(11(9)7-14)13(16)12-6-10(17-2)8-18-12/h6,8-9,11H,3-5,7,14H2,1-2H3/t9-,11-/m0/s1. The first-order valence-electron chi connectivity index (χ1n) is 6.31. The number of carbonyl (C=O) groups is 1. The van der Waals surface area contributed by atoms with Gasteiger partial charge in [-0.15, -0.1) is 11.3 Å². The van der Waals surface area contributed by atoms with Crippen molar-refractivity contribution in [1.29, 1.82) is 0 Å². The van der Waals surface area contributed by atoms with Gasteiger partial charge in [-0.3, -0.25) is 4.79 Å². The van der Waals surface area contributed by atoms with Gasteiger partial charge in [0.25, 0.3) is 5.91 Å². The summed E-state index contributed by atoms with van der Waals surface area (Å²) >= 11 is 1.43. The van der Waals surface area contributed by atoms with Gasteiger partial charge < -0.3 is 15.4 Å². The third-order valence-electron chi connectivity index (χ3n) is 3.64. The molecule has 0 bridgehead atoms. The van der Waals surface area contributed by atoms with Gasteiger partial charge >= 0.3 is 0 Å². The van der Waals surface area contributed by atoms with Crippen molar-refractivity contribution in [3.63, 3.8) is 0 Å². The highest BCUT2D eigenvalue weighted by atomic mass is 32.1. The molecule has 0 aliphatic carbocycles. The van der Waals surface area contributed by atoms with Crippen LogP contribution in [-0.4, -0.2) is 37.0 Å². The van der Waals surface area contributed by atoms with Crippen LogP contribution in [0, 0.1) is 5.92 Å². The van der Waals surface area contributed by atoms with Crippen LogP contribution in [-0.2, 0) is 0 Å². The van der Waals surface area contributed by atoms with E-state index >= 15 is 0 Å². The summed E-state index contributed by atoms with van der Waals surface area (Å²) < 4.78 is 5.12. The average molecular weight is 268 g/mol. The second-order valence-electron chi connectivity index (χ2n) is 4.77. The molecule has 1 aromatic heterocycles. The SMILES string of the molecule is COc1csc(C(=O)N2CCC[C@H](C)[C@@H]2CN)c1. The van der Waals surface area contributed by atoms with Crippen molar-refractivity contribution in [2.45, 2.75) is 25.8 Å². The van der Waals surface area contributed by atoms with E-state index in [0.29, 0.717) is 12.5 Å². The number of nitrogens with two attached hydrogens (primary N) is 1. The summed E-state index contributed by atoms with van der Waals surface area (Å²) in [6.07, 6.45) is 2.21. The fourth-order valence-corrected chi connectivity index (χ4v) is 3.35. The van der Waals surface area contributed by atoms with Gasteiger partial charge in [-0.05, 0) is 18.8 Å². The molecule has 0 unspecified atom stereocenters. The molecule has 1 fully saturated rings. The number of piperidine rings is 1. The minimum atomic E-state index is 0.0882. The van der Waals surface area contributed by atoms with Gasteiger partial charge in [0.1, 0.15) is 5.75 Å². The molecule has 1 amide bonds. The summed E-state index contributed by atoms with van der Waals surface area (Å²) in [5.74, 6) is 1.32. The first kappa shape index (κ1) is 13.4. The molecule has 1 saturated heterocycles. The van der Waals surface area contributed by atoms with Gasteiger partial charge in [0.05, 0.1) is 12.0 Å². The summed E-state index contributed by atoms with van der Waals surface area (Å²) in [7, 11) is 1.61. The maximum Gasteiger partial charge on any atom is 0.264 e. The van der Waals surface area contributed by atoms with Crippen LogP contribution in [0.25, 0.3) is 0 Å². The second-order valence-corrected chi connectivity index (χ2v) is 5.68. The van der Waals surface area contributed by atoms with Gasteiger partial charge in [0.15, 0.2) is 0 Å². The minimum absolute atomic E-state index is 0.0882. The lowest BCUT2D eigenvalue weighted by atomic mass is 9.90. The molecule has 1 aliphatic heterocycles. The number of amides is 1. The van der Waals surface area contributed by atoms with Crippen LogP contribution < -0.4 is 10.5 Å². The molecule has 0 saturated carbocycles. The molecule has 0 spiro atoms. The molecule has 2 N–H and O–H groups in total. The van der Waals surface area contributed by atoms with Crippen molar-refractivity contribution in [2.75, 3.05) is 20.2 Å². The lowest BCUT2D eigenvalue weighted by Crippen LogP contribution is -2.51. The van der Waals surface area contributed by atoms with Crippen molar-refractivity contribution < 1.29 is 9.53 Å². The Balaban J connectivity index is 2.16. The Kier molecular flexibility index (Phi) is 4.24. The molecule has 1 aliphatic rings. The first-order valence-corrected chi connectivity index (χ1v) is 7.19. The first-order chi connectivity index (χ1) is 8.67. The molecule has 2 rings (SSSR count). The highest BCUT2D eigenvalue weighted by molar-refractivity contribution is 7.12. The number of hydrogen-bond acceptors (Lipinski definition) is 4. The molecule has 1 aromatic rings. The van der Waals surface area contributed by atoms with Gasteiger partial charge in [-0.2, -0.15) is 0 Å². The lowest BCUT2D eigenvalue weighted by Gasteiger charge is -2.39. The summed E-state index contributed by atoms with van der Waals surface area (Å²) in [4.78, 5) is 15.1. The zero-order chi connectivity index (χ0) is 13.1. The van der Waals surface area contributed by atoms with Crippen molar-refractivity contribution >= 4 is 17.2 Å². The predicted molar refractivity (Wildman–Crippen MR) is 73.1 cm³/mol. The van der Waals surface area contributed by atoms with Crippen LogP contribution in [0.1, 0.15) is 29.4 Å². The van der Waals surface area contributed by atoms with Crippen molar-refractivity contribution in [2.24, 2.45) is 11.7 Å². The fraction of sp³-hybridized carbons (Fsp3) is 0.615. The van der Waals surface area contributed by atoms with Crippen molar-refractivity contribution in [3.8, 4) is 5.75 Å². The van der Waals surface area contributed by atoms with Gasteiger partial charge in [-0.25, -0.2) is 0 Å². The number of ether oxygens (including phenoxy) is 1. The highest BCUT2D eigenvalue weighted by Crippen LogP contribution is 2.28. The molecule has 5 heteroatoms. The third-order valence-corrected chi connectivity index (χ3v) is 4.54. The van der Waals surface area contributed by atoms with E-state index in [-0.39, 0.29) is 11.9 Å². The molecule has 2 heterocycles. The van der Waals surface area contributed by atoms with Crippen LogP contribution in [0.15, 0.2) is 11.4 Å². The Labute approximate surface area is 112 Å². The number of rotatable bonds is 3. The largest absolute Gasteiger partial charge is 0.496 e. The number of nitrogens with zero attached hydrogens (tertiary/aromatic N) is 1. The van der Waals surface area contributed by atoms with E-state index in [0.717, 1.165) is 30.0 Å². The van der Waals surface area contributed by atoms with E-state index in [9.17, 15) is 4.79 Å². The van der Waals surface area contributed by atoms with Crippen LogP contribution >= 0.6 is 11.3 Å². The van der Waals surface area contributed by atoms with E-state index in [2.05, 4.69) is 6.92 Å². The Morgan fingerprint density at radius 3 is 3.06 bits per heavy atom. The Morgan fingerprint density at radius 1 is 1.67 bits per heavy atom. The zero-order valence-electron chi connectivity index (χ0n) is 10.9. The molecule has 0 aromatic carbocycles. The van der Waals surface area contributed by atoms with E-state index in [4.69, 9.17) is 10.5 Å². The molecule has 0 radical (unpaired) electrons. The van der Waals surface area contributed by atoms with Gasteiger partial charge in [0, 0.05) is 30.6 Å². The maximum atomic E-state index is 12.5. The Bertz CT molecular complexity index is 419. The van der Waals surface area contributed by atoms with E-state index in [1.54, 1.807) is 13.2 Å². The van der Waals surface area contributed by atoms with E-state index in [1.165, 1.54) is 11.3 Å². The highest BCUT2D eigenvalue weighted by Gasteiger charge is 2.31. The zero-order valence-corrected chi connectivity index (χ0v) is 11.7. The van der Waals surface area contributed by atoms with Crippen molar-refractivity contribution in [3.05, 3.63) is 16.3 Å². The fourth-order valence-electron chi connectivity index (χ4n) is 2.54. The molecular weight excluding hydrogens is 248 g/mol. The molecular formula is C13H20N2O2S. The van der Waals surface area contributed by atoms with E-state index in [1.807, 2.05) is 10.3 Å². The summed E-state index contributed by atoms with van der Waals surface area (Å²) in [5, 5.41) is 1.86. The number of methoxy groups -OCH3 is 1. The quantitative estimate of drug-likeness (QED) is 0.911. The van der Waals surface area contributed by atoms with Crippen LogP contribution in [0.2, 0.25) is 0 Å². The maximum absolute atomic E-state index is 12.5. The van der Waals surface area contributed by atoms with Gasteiger partial charge in [0.2, 0.25) is 0 Å². The summed E-state index contributed by atoms with van der Waals surface area (Å²) in [5.41, 5.74) is 5.82. The monoisotopic (exact) mass is 268 g/mol. The molecule has 2 atom stereocenters. The molecule has 4 nitrogen and oxygen atoms in total. The van der Waals surface area contributed by atoms with Crippen LogP contribution in [0.4, 0.5) is 0 Å². The second kappa shape index (κ2) is 5.71. The normalized spacial score (nSPS) is 24.1. The minimum Gasteiger partial charge on any atom is -0.496 e. The lowest BCUT2D eigenvalue weighted by molar-refractivity contribution is 0.0537. The topological polar surface area (TPSA) is 55.6 Å². The van der Waals surface area contributed by atoms with Gasteiger partial charge in [-0.1, -0.05) is 6.92 Å². The molecule has 18 heavy (non-hydrogen) atoms. The average Bonchev–Trinajstić information content (AvgIpc) is 2.86. The molecule has 100 valence electrons. The van der Waals surface area contributed by atoms with Crippen LogP contribution in [0.3, 0.4) is 0 Å². The third kappa shape index (κ3) is 2.52. The van der Waals surface area contributed by atoms with Crippen LogP contribution in [0.5, 0.6) is 5.75 Å². The Morgan fingerprint density at radius 2 is 2.44 bits per heavy atom. The summed E-state index contributed by atoms with van der Waals surface area (Å²) in [6.45, 7) is 3.52. The number of likely N-dealkylation sites (tertiary alicyclic amines) is 1. The Hall–Kier alpha value is -1.07. The van der Waals surface area contributed by atoms with Crippen molar-refractivity contribution in [1.82, 2.24) is 4.90 Å². The smallest absolute Gasteiger partial charge is 0.264 e. The summed E-state index contributed by atoms with van der Waals surface area (Å²) in [6, 6.07) is 1.97.